The van der Waals surface area contributed by atoms with Gasteiger partial charge in [0, 0.05) is 37.3 Å². The van der Waals surface area contributed by atoms with E-state index in [1.54, 1.807) is 22.6 Å². The molecular formula is C33H40N8O4. The third kappa shape index (κ3) is 7.75. The lowest BCUT2D eigenvalue weighted by Gasteiger charge is -2.22. The van der Waals surface area contributed by atoms with Gasteiger partial charge in [0.1, 0.15) is 17.5 Å². The topological polar surface area (TPSA) is 136 Å². The number of nitrogens with zero attached hydrogens (tertiary/aromatic N) is 6. The van der Waals surface area contributed by atoms with Gasteiger partial charge in [-0.1, -0.05) is 29.5 Å². The molecule has 12 nitrogen and oxygen atoms in total. The Labute approximate surface area is 262 Å². The quantitative estimate of drug-likeness (QED) is 0.363. The molecule has 3 heterocycles. The Hall–Kier alpha value is -5.00. The van der Waals surface area contributed by atoms with Crippen LogP contribution in [0.2, 0.25) is 0 Å². The van der Waals surface area contributed by atoms with Crippen molar-refractivity contribution in [2.24, 2.45) is 0 Å². The van der Waals surface area contributed by atoms with Crippen molar-refractivity contribution < 1.29 is 19.1 Å². The first-order valence-electron chi connectivity index (χ1n) is 15.3. The fourth-order valence-electron chi connectivity index (χ4n) is 5.34. The molecule has 0 radical (unpaired) electrons. The molecule has 0 aliphatic carbocycles. The van der Waals surface area contributed by atoms with E-state index < -0.39 is 6.04 Å². The summed E-state index contributed by atoms with van der Waals surface area (Å²) >= 11 is 0. The Morgan fingerprint density at radius 3 is 2.64 bits per heavy atom. The minimum Gasteiger partial charge on any atom is -0.493 e. The monoisotopic (exact) mass is 612 g/mol. The summed E-state index contributed by atoms with van der Waals surface area (Å²) in [6.45, 7) is 9.39. The van der Waals surface area contributed by atoms with Crippen LogP contribution in [0.4, 0.5) is 0 Å². The van der Waals surface area contributed by atoms with E-state index in [0.717, 1.165) is 28.2 Å². The van der Waals surface area contributed by atoms with Crippen LogP contribution in [-0.2, 0) is 29.1 Å². The van der Waals surface area contributed by atoms with Crippen LogP contribution in [0.5, 0.6) is 5.75 Å². The highest BCUT2D eigenvalue weighted by Gasteiger charge is 2.23. The molecule has 2 N–H and O–H groups in total. The van der Waals surface area contributed by atoms with Crippen LogP contribution in [0.25, 0.3) is 5.69 Å². The van der Waals surface area contributed by atoms with Crippen LogP contribution in [-0.4, -0.2) is 73.1 Å². The Morgan fingerprint density at radius 2 is 1.84 bits per heavy atom. The average molecular weight is 613 g/mol. The minimum atomic E-state index is -0.757. The van der Waals surface area contributed by atoms with Gasteiger partial charge in [-0.05, 0) is 63.9 Å². The number of hydrogen-bond donors (Lipinski definition) is 2. The number of carbonyl (C=O) groups is 3. The molecule has 1 atom stereocenters. The molecule has 0 unspecified atom stereocenters. The number of rotatable bonds is 3. The summed E-state index contributed by atoms with van der Waals surface area (Å²) < 4.78 is 9.59. The van der Waals surface area contributed by atoms with Crippen molar-refractivity contribution in [3.8, 4) is 11.4 Å². The molecule has 0 saturated heterocycles. The van der Waals surface area contributed by atoms with E-state index in [4.69, 9.17) is 9.84 Å². The van der Waals surface area contributed by atoms with Crippen molar-refractivity contribution >= 4 is 17.7 Å². The fraction of sp³-hybridized carbons (Fsp3) is 0.394. The molecule has 12 heteroatoms. The fourth-order valence-corrected chi connectivity index (χ4v) is 5.34. The average Bonchev–Trinajstić information content (AvgIpc) is 3.59. The highest BCUT2D eigenvalue weighted by atomic mass is 16.5. The second kappa shape index (κ2) is 14.2. The molecule has 4 aromatic rings. The standard InChI is InChI=1S/C33H40N8O4/c1-22-12-13-28-30(18-22)45-17-9-16-40-21-26(36-38-40)20-39(15-8-14-34-32(43)24(3)35-33(28)44)31(42)19-29-23(2)37-41(25(29)4)27-10-6-5-7-11-27/h5-7,10-13,18,21,24H,8-9,14-17,19-20H2,1-4H3,(H,34,43)(H,35,44)/t24-/m1/s1. The van der Waals surface area contributed by atoms with E-state index >= 15 is 0 Å². The number of ether oxygens (including phenoxy) is 1. The molecule has 0 spiro atoms. The van der Waals surface area contributed by atoms with Crippen molar-refractivity contribution in [3.05, 3.63) is 88.5 Å². The van der Waals surface area contributed by atoms with E-state index in [1.165, 1.54) is 0 Å². The molecule has 2 bridgehead atoms. The summed E-state index contributed by atoms with van der Waals surface area (Å²) in [5.41, 5.74) is 5.54. The first kappa shape index (κ1) is 31.4. The van der Waals surface area contributed by atoms with Gasteiger partial charge in [0.15, 0.2) is 0 Å². The smallest absolute Gasteiger partial charge is 0.255 e. The molecule has 2 aromatic heterocycles. The van der Waals surface area contributed by atoms with Crippen molar-refractivity contribution in [2.75, 3.05) is 19.7 Å². The number of para-hydroxylation sites is 1. The number of carbonyl (C=O) groups excluding carboxylic acids is 3. The molecule has 5 rings (SSSR count). The van der Waals surface area contributed by atoms with Gasteiger partial charge >= 0.3 is 0 Å². The Kier molecular flexibility index (Phi) is 9.91. The molecular weight excluding hydrogens is 572 g/mol. The van der Waals surface area contributed by atoms with Gasteiger partial charge in [-0.25, -0.2) is 4.68 Å². The van der Waals surface area contributed by atoms with Crippen LogP contribution < -0.4 is 15.4 Å². The maximum absolute atomic E-state index is 13.8. The van der Waals surface area contributed by atoms with Crippen LogP contribution in [0.1, 0.15) is 58.3 Å². The summed E-state index contributed by atoms with van der Waals surface area (Å²) in [7, 11) is 0. The zero-order chi connectivity index (χ0) is 31.9. The Bertz CT molecular complexity index is 1660. The zero-order valence-corrected chi connectivity index (χ0v) is 26.2. The summed E-state index contributed by atoms with van der Waals surface area (Å²) in [5, 5.41) is 18.9. The number of amides is 3. The molecule has 3 amide bonds. The van der Waals surface area contributed by atoms with Crippen LogP contribution in [0.3, 0.4) is 0 Å². The maximum Gasteiger partial charge on any atom is 0.255 e. The van der Waals surface area contributed by atoms with E-state index in [1.807, 2.05) is 74.1 Å². The maximum atomic E-state index is 13.8. The highest BCUT2D eigenvalue weighted by Crippen LogP contribution is 2.22. The largest absolute Gasteiger partial charge is 0.493 e. The predicted molar refractivity (Wildman–Crippen MR) is 168 cm³/mol. The third-order valence-corrected chi connectivity index (χ3v) is 7.88. The van der Waals surface area contributed by atoms with Gasteiger partial charge in [0.25, 0.3) is 5.91 Å². The van der Waals surface area contributed by atoms with Gasteiger partial charge in [-0.2, -0.15) is 5.10 Å². The summed E-state index contributed by atoms with van der Waals surface area (Å²) in [6, 6.07) is 14.4. The molecule has 1 aliphatic heterocycles. The van der Waals surface area contributed by atoms with Gasteiger partial charge in [-0.15, -0.1) is 5.10 Å². The minimum absolute atomic E-state index is 0.0670. The summed E-state index contributed by atoms with van der Waals surface area (Å²) in [4.78, 5) is 41.4. The molecule has 0 saturated carbocycles. The lowest BCUT2D eigenvalue weighted by molar-refractivity contribution is -0.131. The number of aryl methyl sites for hydroxylation is 3. The highest BCUT2D eigenvalue weighted by molar-refractivity contribution is 5.99. The second-order valence-corrected chi connectivity index (χ2v) is 11.4. The van der Waals surface area contributed by atoms with Crippen molar-refractivity contribution in [3.63, 3.8) is 0 Å². The molecule has 1 aliphatic rings. The van der Waals surface area contributed by atoms with Gasteiger partial charge in [-0.3, -0.25) is 19.1 Å². The zero-order valence-electron chi connectivity index (χ0n) is 26.2. The Morgan fingerprint density at radius 1 is 1.04 bits per heavy atom. The second-order valence-electron chi connectivity index (χ2n) is 11.4. The summed E-state index contributed by atoms with van der Waals surface area (Å²) in [6.07, 6.45) is 3.17. The van der Waals surface area contributed by atoms with E-state index in [-0.39, 0.29) is 30.7 Å². The third-order valence-electron chi connectivity index (χ3n) is 7.88. The number of nitrogens with one attached hydrogen (secondary N) is 2. The van der Waals surface area contributed by atoms with Crippen LogP contribution in [0, 0.1) is 20.8 Å². The van der Waals surface area contributed by atoms with Gasteiger partial charge in [0.05, 0.1) is 42.7 Å². The number of benzene rings is 2. The molecule has 45 heavy (non-hydrogen) atoms. The van der Waals surface area contributed by atoms with Crippen LogP contribution in [0.15, 0.2) is 54.7 Å². The number of fused-ring (bicyclic) bond motifs is 3. The van der Waals surface area contributed by atoms with Crippen molar-refractivity contribution in [2.45, 2.75) is 66.1 Å². The van der Waals surface area contributed by atoms with E-state index in [0.29, 0.717) is 56.1 Å². The normalized spacial score (nSPS) is 16.8. The van der Waals surface area contributed by atoms with Gasteiger partial charge in [0.2, 0.25) is 11.8 Å². The first-order chi connectivity index (χ1) is 21.7. The lowest BCUT2D eigenvalue weighted by Crippen LogP contribution is -2.45. The molecule has 0 fully saturated rings. The summed E-state index contributed by atoms with van der Waals surface area (Å²) in [5.74, 6) is -0.297. The van der Waals surface area contributed by atoms with E-state index in [2.05, 4.69) is 20.9 Å². The lowest BCUT2D eigenvalue weighted by atomic mass is 10.1. The SMILES string of the molecule is Cc1ccc2c(c1)OCCCn1cc(nn1)CN(C(=O)Cc1c(C)nn(-c3ccccc3)c1C)CCCNC(=O)[C@@H](C)NC2=O. The van der Waals surface area contributed by atoms with Crippen LogP contribution >= 0.6 is 0 Å². The van der Waals surface area contributed by atoms with E-state index in [9.17, 15) is 14.4 Å². The van der Waals surface area contributed by atoms with Crippen molar-refractivity contribution in [1.29, 1.82) is 0 Å². The molecule has 236 valence electrons. The Balaban J connectivity index is 1.32. The predicted octanol–water partition coefficient (Wildman–Crippen LogP) is 3.07. The van der Waals surface area contributed by atoms with Crippen molar-refractivity contribution in [1.82, 2.24) is 40.3 Å². The first-order valence-corrected chi connectivity index (χ1v) is 15.3. The number of aromatic nitrogens is 5. The number of hydrogen-bond acceptors (Lipinski definition) is 7. The van der Waals surface area contributed by atoms with Gasteiger partial charge < -0.3 is 20.3 Å². The molecule has 2 aromatic carbocycles.